The maximum absolute atomic E-state index is 3.82. The Balaban J connectivity index is 1.94. The minimum atomic E-state index is 0.501. The Morgan fingerprint density at radius 3 is 2.76 bits per heavy atom. The Bertz CT molecular complexity index is 342. The van der Waals surface area contributed by atoms with Crippen molar-refractivity contribution in [3.05, 3.63) is 22.4 Å². The van der Waals surface area contributed by atoms with E-state index in [2.05, 4.69) is 50.5 Å². The molecule has 0 spiro atoms. The molecule has 2 unspecified atom stereocenters. The molecule has 1 N–H and O–H groups in total. The minimum Gasteiger partial charge on any atom is -0.307 e. The first-order chi connectivity index (χ1) is 7.96. The van der Waals surface area contributed by atoms with Crippen molar-refractivity contribution < 1.29 is 0 Å². The van der Waals surface area contributed by atoms with Crippen LogP contribution in [0.2, 0.25) is 0 Å². The fourth-order valence-corrected chi connectivity index (χ4v) is 4.19. The van der Waals surface area contributed by atoms with E-state index in [9.17, 15) is 0 Å². The lowest BCUT2D eigenvalue weighted by atomic mass is 9.70. The number of hydrogen-bond donors (Lipinski definition) is 1. The van der Waals surface area contributed by atoms with Gasteiger partial charge >= 0.3 is 0 Å². The van der Waals surface area contributed by atoms with Crippen LogP contribution in [-0.2, 0) is 0 Å². The van der Waals surface area contributed by atoms with Crippen LogP contribution in [0.25, 0.3) is 0 Å². The van der Waals surface area contributed by atoms with Crippen LogP contribution in [0.15, 0.2) is 17.5 Å². The van der Waals surface area contributed by atoms with E-state index in [0.29, 0.717) is 17.5 Å². The van der Waals surface area contributed by atoms with Gasteiger partial charge in [0.15, 0.2) is 0 Å². The first-order valence-corrected chi connectivity index (χ1v) is 7.64. The zero-order valence-electron chi connectivity index (χ0n) is 11.5. The van der Waals surface area contributed by atoms with E-state index < -0.39 is 0 Å². The molecule has 1 aromatic rings. The molecule has 1 aliphatic carbocycles. The Morgan fingerprint density at radius 2 is 2.18 bits per heavy atom. The van der Waals surface area contributed by atoms with Crippen molar-refractivity contribution in [3.63, 3.8) is 0 Å². The monoisotopic (exact) mass is 251 g/mol. The maximum Gasteiger partial charge on any atom is 0.0388 e. The summed E-state index contributed by atoms with van der Waals surface area (Å²) in [5.41, 5.74) is 0.504. The predicted molar refractivity (Wildman–Crippen MR) is 76.5 cm³/mol. The number of nitrogens with one attached hydrogen (secondary N) is 1. The molecule has 96 valence electrons. The second-order valence-electron chi connectivity index (χ2n) is 6.51. The zero-order valence-corrected chi connectivity index (χ0v) is 12.3. The summed E-state index contributed by atoms with van der Waals surface area (Å²) in [6.45, 7) is 9.50. The van der Waals surface area contributed by atoms with Crippen molar-refractivity contribution in [2.75, 3.05) is 0 Å². The highest BCUT2D eigenvalue weighted by Crippen LogP contribution is 2.39. The first-order valence-electron chi connectivity index (χ1n) is 6.76. The third kappa shape index (κ3) is 3.56. The SMILES string of the molecule is CC1CC(N[C@@H](C)c2cccs2)CC(C)(C)C1. The van der Waals surface area contributed by atoms with Crippen molar-refractivity contribution >= 4 is 11.3 Å². The van der Waals surface area contributed by atoms with Crippen LogP contribution in [-0.4, -0.2) is 6.04 Å². The Morgan fingerprint density at radius 1 is 1.41 bits per heavy atom. The molecule has 0 aliphatic heterocycles. The fraction of sp³-hybridized carbons (Fsp3) is 0.733. The molecular weight excluding hydrogens is 226 g/mol. The summed E-state index contributed by atoms with van der Waals surface area (Å²) >= 11 is 1.86. The van der Waals surface area contributed by atoms with Gasteiger partial charge in [0.05, 0.1) is 0 Å². The molecule has 3 atom stereocenters. The average Bonchev–Trinajstić information content (AvgIpc) is 2.65. The van der Waals surface area contributed by atoms with E-state index in [4.69, 9.17) is 0 Å². The van der Waals surface area contributed by atoms with Gasteiger partial charge in [-0.25, -0.2) is 0 Å². The number of hydrogen-bond acceptors (Lipinski definition) is 2. The standard InChI is InChI=1S/C15H25NS/c1-11-8-13(10-15(3,4)9-11)16-12(2)14-6-5-7-17-14/h5-7,11-13,16H,8-10H2,1-4H3/t11?,12-,13?/m0/s1. The third-order valence-electron chi connectivity index (χ3n) is 3.84. The Hall–Kier alpha value is -0.340. The van der Waals surface area contributed by atoms with E-state index in [1.54, 1.807) is 0 Å². The highest BCUT2D eigenvalue weighted by atomic mass is 32.1. The van der Waals surface area contributed by atoms with Gasteiger partial charge in [0.25, 0.3) is 0 Å². The van der Waals surface area contributed by atoms with Gasteiger partial charge in [-0.05, 0) is 49.0 Å². The molecule has 1 nitrogen and oxygen atoms in total. The van der Waals surface area contributed by atoms with Gasteiger partial charge in [-0.2, -0.15) is 0 Å². The molecule has 0 saturated heterocycles. The second kappa shape index (κ2) is 5.11. The molecule has 1 aliphatic rings. The van der Waals surface area contributed by atoms with Crippen molar-refractivity contribution in [2.24, 2.45) is 11.3 Å². The van der Waals surface area contributed by atoms with Crippen LogP contribution in [0.1, 0.15) is 57.9 Å². The molecule has 2 heteroatoms. The Labute approximate surface area is 110 Å². The highest BCUT2D eigenvalue weighted by molar-refractivity contribution is 7.10. The van der Waals surface area contributed by atoms with Crippen molar-refractivity contribution in [2.45, 2.75) is 59.0 Å². The maximum atomic E-state index is 3.82. The fourth-order valence-electron chi connectivity index (χ4n) is 3.45. The molecule has 2 rings (SSSR count). The zero-order chi connectivity index (χ0) is 12.5. The van der Waals surface area contributed by atoms with E-state index >= 15 is 0 Å². The molecular formula is C15H25NS. The number of rotatable bonds is 3. The van der Waals surface area contributed by atoms with E-state index in [1.165, 1.54) is 24.1 Å². The van der Waals surface area contributed by atoms with Gasteiger partial charge < -0.3 is 5.32 Å². The topological polar surface area (TPSA) is 12.0 Å². The summed E-state index contributed by atoms with van der Waals surface area (Å²) in [4.78, 5) is 1.46. The van der Waals surface area contributed by atoms with Crippen LogP contribution in [0.5, 0.6) is 0 Å². The van der Waals surface area contributed by atoms with E-state index in [1.807, 2.05) is 11.3 Å². The largest absolute Gasteiger partial charge is 0.307 e. The predicted octanol–water partition coefficient (Wildman–Crippen LogP) is 4.61. The van der Waals surface area contributed by atoms with Crippen molar-refractivity contribution in [3.8, 4) is 0 Å². The van der Waals surface area contributed by atoms with Gasteiger partial charge in [0, 0.05) is 17.0 Å². The summed E-state index contributed by atoms with van der Waals surface area (Å²) in [7, 11) is 0. The summed E-state index contributed by atoms with van der Waals surface area (Å²) in [6.07, 6.45) is 4.02. The molecule has 0 aromatic carbocycles. The van der Waals surface area contributed by atoms with Crippen LogP contribution in [0, 0.1) is 11.3 Å². The lowest BCUT2D eigenvalue weighted by molar-refractivity contribution is 0.146. The molecule has 1 aromatic heterocycles. The highest BCUT2D eigenvalue weighted by Gasteiger charge is 2.32. The third-order valence-corrected chi connectivity index (χ3v) is 4.90. The van der Waals surface area contributed by atoms with Gasteiger partial charge in [-0.1, -0.05) is 26.8 Å². The minimum absolute atomic E-state index is 0.501. The number of thiophene rings is 1. The normalized spacial score (nSPS) is 30.1. The van der Waals surface area contributed by atoms with Crippen molar-refractivity contribution in [1.82, 2.24) is 5.32 Å². The summed E-state index contributed by atoms with van der Waals surface area (Å²) < 4.78 is 0. The Kier molecular flexibility index (Phi) is 3.94. The van der Waals surface area contributed by atoms with Gasteiger partial charge in [0.1, 0.15) is 0 Å². The van der Waals surface area contributed by atoms with E-state index in [0.717, 1.165) is 5.92 Å². The molecule has 17 heavy (non-hydrogen) atoms. The summed E-state index contributed by atoms with van der Waals surface area (Å²) in [5.74, 6) is 0.854. The molecule has 1 saturated carbocycles. The second-order valence-corrected chi connectivity index (χ2v) is 7.49. The van der Waals surface area contributed by atoms with Gasteiger partial charge in [0.2, 0.25) is 0 Å². The quantitative estimate of drug-likeness (QED) is 0.827. The van der Waals surface area contributed by atoms with Crippen LogP contribution in [0.4, 0.5) is 0 Å². The van der Waals surface area contributed by atoms with E-state index in [-0.39, 0.29) is 0 Å². The lowest BCUT2D eigenvalue weighted by Crippen LogP contribution is -2.41. The molecule has 1 heterocycles. The first kappa shape index (κ1) is 13.1. The van der Waals surface area contributed by atoms with Crippen LogP contribution < -0.4 is 5.32 Å². The average molecular weight is 251 g/mol. The lowest BCUT2D eigenvalue weighted by Gasteiger charge is -2.40. The molecule has 0 radical (unpaired) electrons. The van der Waals surface area contributed by atoms with Crippen molar-refractivity contribution in [1.29, 1.82) is 0 Å². The van der Waals surface area contributed by atoms with Gasteiger partial charge in [-0.15, -0.1) is 11.3 Å². The van der Waals surface area contributed by atoms with Gasteiger partial charge in [-0.3, -0.25) is 0 Å². The molecule has 0 bridgehead atoms. The molecule has 0 amide bonds. The van der Waals surface area contributed by atoms with Crippen LogP contribution >= 0.6 is 11.3 Å². The summed E-state index contributed by atoms with van der Waals surface area (Å²) in [5, 5.41) is 5.99. The molecule has 1 fully saturated rings. The summed E-state index contributed by atoms with van der Waals surface area (Å²) in [6, 6.07) is 5.57. The smallest absolute Gasteiger partial charge is 0.0388 e. The van der Waals surface area contributed by atoms with Crippen LogP contribution in [0.3, 0.4) is 0 Å².